The molecule has 1 aromatic rings. The van der Waals surface area contributed by atoms with Crippen LogP contribution in [-0.2, 0) is 9.53 Å². The van der Waals surface area contributed by atoms with Gasteiger partial charge in [-0.3, -0.25) is 14.5 Å². The maximum absolute atomic E-state index is 12.9. The molecule has 168 valence electrons. The molecule has 1 heterocycles. The summed E-state index contributed by atoms with van der Waals surface area (Å²) in [6.07, 6.45) is 1.63. The van der Waals surface area contributed by atoms with Gasteiger partial charge in [-0.05, 0) is 25.0 Å². The lowest BCUT2D eigenvalue weighted by atomic mass is 10.1. The number of piperazine rings is 1. The van der Waals surface area contributed by atoms with E-state index in [9.17, 15) is 9.59 Å². The van der Waals surface area contributed by atoms with E-state index in [1.165, 1.54) is 7.11 Å². The Bertz CT molecular complexity index is 708. The number of hydrogen-bond acceptors (Lipinski definition) is 6. The third-order valence-electron chi connectivity index (χ3n) is 4.80. The van der Waals surface area contributed by atoms with Gasteiger partial charge in [0.15, 0.2) is 11.5 Å². The van der Waals surface area contributed by atoms with E-state index >= 15 is 0 Å². The molecular formula is C21H32ClN3O5. The molecule has 1 aliphatic rings. The van der Waals surface area contributed by atoms with E-state index in [-0.39, 0.29) is 11.8 Å². The number of benzene rings is 1. The lowest BCUT2D eigenvalue weighted by molar-refractivity contribution is -0.122. The minimum absolute atomic E-state index is 0.00920. The van der Waals surface area contributed by atoms with E-state index in [0.29, 0.717) is 74.6 Å². The van der Waals surface area contributed by atoms with Gasteiger partial charge < -0.3 is 24.4 Å². The Hall–Kier alpha value is -2.03. The predicted octanol–water partition coefficient (Wildman–Crippen LogP) is 2.05. The van der Waals surface area contributed by atoms with Crippen LogP contribution in [0.15, 0.2) is 12.1 Å². The highest BCUT2D eigenvalue weighted by Gasteiger charge is 2.25. The van der Waals surface area contributed by atoms with Gasteiger partial charge in [0.25, 0.3) is 5.91 Å². The van der Waals surface area contributed by atoms with E-state index in [2.05, 4.69) is 5.32 Å². The number of hydrogen-bond donors (Lipinski definition) is 1. The first-order valence-electron chi connectivity index (χ1n) is 10.3. The lowest BCUT2D eigenvalue weighted by Gasteiger charge is -2.34. The molecule has 1 aliphatic heterocycles. The standard InChI is InChI=1S/C21H32ClN3O5/c1-4-11-30-20-17(22)13-16(14-18(20)29-3)21(27)25-9-7-24(8-10-25)15-19(26)23-6-5-12-28-2/h13-14H,4-12,15H2,1-3H3,(H,23,26). The summed E-state index contributed by atoms with van der Waals surface area (Å²) in [4.78, 5) is 28.8. The fraction of sp³-hybridized carbons (Fsp3) is 0.619. The summed E-state index contributed by atoms with van der Waals surface area (Å²) in [6.45, 7) is 6.45. The third kappa shape index (κ3) is 7.04. The van der Waals surface area contributed by atoms with E-state index in [0.717, 1.165) is 12.8 Å². The molecule has 1 fully saturated rings. The second-order valence-electron chi connectivity index (χ2n) is 7.10. The molecule has 2 amide bonds. The molecule has 0 spiro atoms. The molecule has 8 nitrogen and oxygen atoms in total. The Balaban J connectivity index is 1.89. The summed E-state index contributed by atoms with van der Waals surface area (Å²) in [6, 6.07) is 3.29. The van der Waals surface area contributed by atoms with Crippen molar-refractivity contribution >= 4 is 23.4 Å². The third-order valence-corrected chi connectivity index (χ3v) is 5.08. The van der Waals surface area contributed by atoms with Crippen LogP contribution in [0.25, 0.3) is 0 Å². The Morgan fingerprint density at radius 2 is 1.87 bits per heavy atom. The second-order valence-corrected chi connectivity index (χ2v) is 7.51. The van der Waals surface area contributed by atoms with Gasteiger partial charge in [-0.15, -0.1) is 0 Å². The molecule has 0 aromatic heterocycles. The molecule has 30 heavy (non-hydrogen) atoms. The molecule has 1 N–H and O–H groups in total. The maximum Gasteiger partial charge on any atom is 0.254 e. The largest absolute Gasteiger partial charge is 0.493 e. The van der Waals surface area contributed by atoms with Gasteiger partial charge in [0.05, 0.1) is 25.3 Å². The molecule has 0 atom stereocenters. The summed E-state index contributed by atoms with van der Waals surface area (Å²) in [5.41, 5.74) is 0.463. The highest BCUT2D eigenvalue weighted by molar-refractivity contribution is 6.32. The number of carbonyl (C=O) groups is 2. The maximum atomic E-state index is 12.9. The number of methoxy groups -OCH3 is 2. The van der Waals surface area contributed by atoms with Crippen molar-refractivity contribution in [1.29, 1.82) is 0 Å². The van der Waals surface area contributed by atoms with Crippen molar-refractivity contribution in [3.8, 4) is 11.5 Å². The summed E-state index contributed by atoms with van der Waals surface area (Å²) in [5.74, 6) is 0.785. The highest BCUT2D eigenvalue weighted by Crippen LogP contribution is 2.36. The Morgan fingerprint density at radius 1 is 1.13 bits per heavy atom. The van der Waals surface area contributed by atoms with Crippen molar-refractivity contribution < 1.29 is 23.8 Å². The van der Waals surface area contributed by atoms with Crippen LogP contribution in [-0.4, -0.2) is 88.3 Å². The van der Waals surface area contributed by atoms with Crippen molar-refractivity contribution in [3.05, 3.63) is 22.7 Å². The molecule has 0 bridgehead atoms. The number of amides is 2. The SMILES string of the molecule is CCCOc1c(Cl)cc(C(=O)N2CCN(CC(=O)NCCCOC)CC2)cc1OC. The quantitative estimate of drug-likeness (QED) is 0.529. The fourth-order valence-electron chi connectivity index (χ4n) is 3.18. The summed E-state index contributed by atoms with van der Waals surface area (Å²) >= 11 is 6.34. The van der Waals surface area contributed by atoms with Crippen LogP contribution in [0, 0.1) is 0 Å². The monoisotopic (exact) mass is 441 g/mol. The van der Waals surface area contributed by atoms with Crippen molar-refractivity contribution in [1.82, 2.24) is 15.1 Å². The predicted molar refractivity (Wildman–Crippen MR) is 116 cm³/mol. The number of ether oxygens (including phenoxy) is 3. The van der Waals surface area contributed by atoms with Crippen LogP contribution < -0.4 is 14.8 Å². The van der Waals surface area contributed by atoms with Crippen molar-refractivity contribution in [2.24, 2.45) is 0 Å². The molecule has 1 saturated heterocycles. The molecular weight excluding hydrogens is 410 g/mol. The molecule has 0 aliphatic carbocycles. The average molecular weight is 442 g/mol. The molecule has 1 aromatic carbocycles. The fourth-order valence-corrected chi connectivity index (χ4v) is 3.45. The van der Waals surface area contributed by atoms with Crippen LogP contribution in [0.4, 0.5) is 0 Å². The molecule has 0 unspecified atom stereocenters. The summed E-state index contributed by atoms with van der Waals surface area (Å²) in [5, 5.41) is 3.24. The van der Waals surface area contributed by atoms with Crippen LogP contribution >= 0.6 is 11.6 Å². The Kier molecular flexibility index (Phi) is 10.2. The van der Waals surface area contributed by atoms with Crippen LogP contribution in [0.2, 0.25) is 5.02 Å². The van der Waals surface area contributed by atoms with Gasteiger partial charge in [-0.2, -0.15) is 0 Å². The molecule has 2 rings (SSSR count). The van der Waals surface area contributed by atoms with Gasteiger partial charge in [0.2, 0.25) is 5.91 Å². The molecule has 0 saturated carbocycles. The minimum Gasteiger partial charge on any atom is -0.493 e. The zero-order valence-corrected chi connectivity index (χ0v) is 18.8. The van der Waals surface area contributed by atoms with E-state index in [1.54, 1.807) is 24.1 Å². The first kappa shape index (κ1) is 24.2. The molecule has 0 radical (unpaired) electrons. The Labute approximate surface area is 183 Å². The number of carbonyl (C=O) groups excluding carboxylic acids is 2. The average Bonchev–Trinajstić information content (AvgIpc) is 2.75. The van der Waals surface area contributed by atoms with Gasteiger partial charge in [-0.25, -0.2) is 0 Å². The highest BCUT2D eigenvalue weighted by atomic mass is 35.5. The zero-order valence-electron chi connectivity index (χ0n) is 18.0. The summed E-state index contributed by atoms with van der Waals surface area (Å²) < 4.78 is 16.0. The zero-order chi connectivity index (χ0) is 21.9. The van der Waals surface area contributed by atoms with Crippen LogP contribution in [0.5, 0.6) is 11.5 Å². The summed E-state index contributed by atoms with van der Waals surface area (Å²) in [7, 11) is 3.17. The number of nitrogens with one attached hydrogen (secondary N) is 1. The number of nitrogens with zero attached hydrogens (tertiary/aromatic N) is 2. The first-order valence-corrected chi connectivity index (χ1v) is 10.7. The van der Waals surface area contributed by atoms with Crippen molar-refractivity contribution in [2.75, 3.05) is 66.7 Å². The normalized spacial score (nSPS) is 14.5. The van der Waals surface area contributed by atoms with Gasteiger partial charge in [0, 0.05) is 52.0 Å². The second kappa shape index (κ2) is 12.6. The van der Waals surface area contributed by atoms with E-state index in [1.807, 2.05) is 11.8 Å². The number of halogens is 1. The van der Waals surface area contributed by atoms with Crippen LogP contribution in [0.1, 0.15) is 30.1 Å². The number of rotatable bonds is 11. The topological polar surface area (TPSA) is 80.3 Å². The first-order chi connectivity index (χ1) is 14.5. The van der Waals surface area contributed by atoms with Gasteiger partial charge in [-0.1, -0.05) is 18.5 Å². The lowest BCUT2D eigenvalue weighted by Crippen LogP contribution is -2.51. The smallest absolute Gasteiger partial charge is 0.254 e. The molecule has 9 heteroatoms. The van der Waals surface area contributed by atoms with Crippen molar-refractivity contribution in [2.45, 2.75) is 19.8 Å². The van der Waals surface area contributed by atoms with Crippen LogP contribution in [0.3, 0.4) is 0 Å². The van der Waals surface area contributed by atoms with E-state index in [4.69, 9.17) is 25.8 Å². The van der Waals surface area contributed by atoms with Crippen molar-refractivity contribution in [3.63, 3.8) is 0 Å². The minimum atomic E-state index is -0.110. The van der Waals surface area contributed by atoms with E-state index < -0.39 is 0 Å². The van der Waals surface area contributed by atoms with Gasteiger partial charge >= 0.3 is 0 Å². The Morgan fingerprint density at radius 3 is 2.50 bits per heavy atom. The van der Waals surface area contributed by atoms with Gasteiger partial charge in [0.1, 0.15) is 0 Å².